The van der Waals surface area contributed by atoms with E-state index in [4.69, 9.17) is 0 Å². The number of benzene rings is 2. The fraction of sp³-hybridized carbons (Fsp3) is 0.412. The summed E-state index contributed by atoms with van der Waals surface area (Å²) in [5.74, 6) is 0. The van der Waals surface area contributed by atoms with Crippen molar-refractivity contribution in [2.45, 2.75) is 45.5 Å². The number of unbranched alkanes of at least 4 members (excludes halogenated alkanes) is 1. The highest BCUT2D eigenvalue weighted by Crippen LogP contribution is 2.24. The van der Waals surface area contributed by atoms with Gasteiger partial charge < -0.3 is 4.65 Å². The van der Waals surface area contributed by atoms with E-state index in [1.165, 1.54) is 24.3 Å². The standard InChI is InChI=1S/C17H25NSi2/c1-5-6-13-20(4)16-12-8-10-14-9-7-11-15(17(14)16)19(2,3)18-20/h7-12,18H,5-6,13H2,1-4H3. The zero-order valence-electron chi connectivity index (χ0n) is 13.1. The van der Waals surface area contributed by atoms with Crippen molar-refractivity contribution in [2.24, 2.45) is 0 Å². The highest BCUT2D eigenvalue weighted by atomic mass is 28.4. The first-order valence-electron chi connectivity index (χ1n) is 7.80. The first-order valence-corrected chi connectivity index (χ1v) is 13.5. The molecule has 1 atom stereocenters. The molecule has 3 heteroatoms. The SMILES string of the molecule is CCCC[Si]1(C)N[Si](C)(C)c2cccc3cccc1c23. The second-order valence-corrected chi connectivity index (χ2v) is 15.4. The maximum Gasteiger partial charge on any atom is 0.149 e. The molecule has 2 aromatic rings. The Morgan fingerprint density at radius 2 is 1.60 bits per heavy atom. The summed E-state index contributed by atoms with van der Waals surface area (Å²) >= 11 is 0. The molecule has 2 aromatic carbocycles. The molecule has 3 rings (SSSR count). The Hall–Kier alpha value is -0.906. The van der Waals surface area contributed by atoms with Gasteiger partial charge in [0.1, 0.15) is 16.5 Å². The Morgan fingerprint density at radius 3 is 2.25 bits per heavy atom. The predicted octanol–water partition coefficient (Wildman–Crippen LogP) is 3.44. The molecular formula is C17H25NSi2. The Bertz CT molecular complexity index is 645. The lowest BCUT2D eigenvalue weighted by atomic mass is 10.1. The van der Waals surface area contributed by atoms with Gasteiger partial charge in [0.05, 0.1) is 0 Å². The maximum absolute atomic E-state index is 4.20. The summed E-state index contributed by atoms with van der Waals surface area (Å²) in [5.41, 5.74) is 0. The van der Waals surface area contributed by atoms with Gasteiger partial charge in [0.15, 0.2) is 0 Å². The summed E-state index contributed by atoms with van der Waals surface area (Å²) in [5, 5.41) is 6.28. The van der Waals surface area contributed by atoms with Gasteiger partial charge in [-0.15, -0.1) is 0 Å². The van der Waals surface area contributed by atoms with E-state index in [9.17, 15) is 0 Å². The zero-order chi connectivity index (χ0) is 14.4. The second kappa shape index (κ2) is 4.83. The van der Waals surface area contributed by atoms with Gasteiger partial charge in [0, 0.05) is 0 Å². The van der Waals surface area contributed by atoms with E-state index < -0.39 is 16.5 Å². The van der Waals surface area contributed by atoms with E-state index in [2.05, 4.69) is 67.6 Å². The third-order valence-corrected chi connectivity index (χ3v) is 14.2. The molecule has 0 amide bonds. The first-order chi connectivity index (χ1) is 9.48. The predicted molar refractivity (Wildman–Crippen MR) is 95.2 cm³/mol. The molecule has 1 aliphatic heterocycles. The Labute approximate surface area is 124 Å². The van der Waals surface area contributed by atoms with Crippen LogP contribution < -0.4 is 15.0 Å². The van der Waals surface area contributed by atoms with Crippen LogP contribution in [-0.2, 0) is 0 Å². The Balaban J connectivity index is 2.28. The summed E-state index contributed by atoms with van der Waals surface area (Å²) in [4.78, 5) is 0. The lowest BCUT2D eigenvalue weighted by molar-refractivity contribution is 0.864. The third-order valence-electron chi connectivity index (χ3n) is 4.79. The van der Waals surface area contributed by atoms with Crippen LogP contribution in [0.15, 0.2) is 36.4 Å². The summed E-state index contributed by atoms with van der Waals surface area (Å²) in [7, 11) is -3.05. The maximum atomic E-state index is 4.20. The Morgan fingerprint density at radius 1 is 0.950 bits per heavy atom. The average molecular weight is 300 g/mol. The van der Waals surface area contributed by atoms with Crippen LogP contribution >= 0.6 is 0 Å². The molecule has 0 radical (unpaired) electrons. The van der Waals surface area contributed by atoms with Gasteiger partial charge in [-0.1, -0.05) is 75.8 Å². The minimum absolute atomic E-state index is 1.30. The van der Waals surface area contributed by atoms with Crippen molar-refractivity contribution in [2.75, 3.05) is 0 Å². The molecule has 1 unspecified atom stereocenters. The molecule has 0 saturated carbocycles. The van der Waals surface area contributed by atoms with Crippen LogP contribution in [0.3, 0.4) is 0 Å². The van der Waals surface area contributed by atoms with Crippen molar-refractivity contribution in [1.29, 1.82) is 0 Å². The third kappa shape index (κ3) is 2.08. The van der Waals surface area contributed by atoms with Gasteiger partial charge in [0.25, 0.3) is 0 Å². The molecule has 0 saturated heterocycles. The smallest absolute Gasteiger partial charge is 0.149 e. The molecule has 20 heavy (non-hydrogen) atoms. The molecule has 106 valence electrons. The van der Waals surface area contributed by atoms with Crippen molar-refractivity contribution >= 4 is 37.6 Å². The molecule has 0 bridgehead atoms. The molecular weight excluding hydrogens is 274 g/mol. The van der Waals surface area contributed by atoms with Gasteiger partial charge in [-0.3, -0.25) is 0 Å². The van der Waals surface area contributed by atoms with Crippen molar-refractivity contribution in [3.05, 3.63) is 36.4 Å². The molecule has 0 aromatic heterocycles. The van der Waals surface area contributed by atoms with Crippen LogP contribution in [0.25, 0.3) is 10.8 Å². The number of nitrogens with one attached hydrogen (secondary N) is 1. The molecule has 1 aliphatic rings. The van der Waals surface area contributed by atoms with Crippen LogP contribution in [-0.4, -0.2) is 16.5 Å². The van der Waals surface area contributed by atoms with Crippen LogP contribution in [0, 0.1) is 0 Å². The number of rotatable bonds is 3. The number of hydrogen-bond donors (Lipinski definition) is 1. The summed E-state index contributed by atoms with van der Waals surface area (Å²) in [6.45, 7) is 9.81. The number of hydrogen-bond acceptors (Lipinski definition) is 1. The van der Waals surface area contributed by atoms with E-state index in [1.54, 1.807) is 15.8 Å². The first kappa shape index (κ1) is 14.0. The van der Waals surface area contributed by atoms with Gasteiger partial charge in [-0.25, -0.2) is 0 Å². The highest BCUT2D eigenvalue weighted by Gasteiger charge is 2.43. The van der Waals surface area contributed by atoms with Gasteiger partial charge in [0.2, 0.25) is 0 Å². The van der Waals surface area contributed by atoms with Crippen LogP contribution in [0.5, 0.6) is 0 Å². The molecule has 1 heterocycles. The van der Waals surface area contributed by atoms with Gasteiger partial charge in [-0.2, -0.15) is 0 Å². The van der Waals surface area contributed by atoms with Crippen molar-refractivity contribution < 1.29 is 0 Å². The quantitative estimate of drug-likeness (QED) is 0.856. The monoisotopic (exact) mass is 299 g/mol. The van der Waals surface area contributed by atoms with E-state index in [1.807, 2.05) is 0 Å². The van der Waals surface area contributed by atoms with E-state index >= 15 is 0 Å². The topological polar surface area (TPSA) is 12.0 Å². The van der Waals surface area contributed by atoms with Crippen LogP contribution in [0.1, 0.15) is 19.8 Å². The van der Waals surface area contributed by atoms with E-state index in [-0.39, 0.29) is 0 Å². The van der Waals surface area contributed by atoms with E-state index in [0.29, 0.717) is 0 Å². The fourth-order valence-electron chi connectivity index (χ4n) is 3.87. The largest absolute Gasteiger partial charge is 0.352 e. The highest BCUT2D eigenvalue weighted by molar-refractivity contribution is 7.07. The summed E-state index contributed by atoms with van der Waals surface area (Å²) in [6, 6.07) is 15.2. The van der Waals surface area contributed by atoms with E-state index in [0.717, 1.165) is 0 Å². The van der Waals surface area contributed by atoms with Gasteiger partial charge >= 0.3 is 0 Å². The van der Waals surface area contributed by atoms with Crippen molar-refractivity contribution in [3.63, 3.8) is 0 Å². The molecule has 0 fully saturated rings. The average Bonchev–Trinajstić information content (AvgIpc) is 2.42. The fourth-order valence-corrected chi connectivity index (χ4v) is 15.1. The minimum atomic E-state index is -1.53. The normalized spacial score (nSPS) is 24.0. The molecule has 0 aliphatic carbocycles. The summed E-state index contributed by atoms with van der Waals surface area (Å²) < 4.78 is 4.20. The minimum Gasteiger partial charge on any atom is -0.352 e. The Kier molecular flexibility index (Phi) is 3.39. The van der Waals surface area contributed by atoms with Crippen LogP contribution in [0.4, 0.5) is 0 Å². The lowest BCUT2D eigenvalue weighted by Crippen LogP contribution is -2.75. The molecule has 1 nitrogen and oxygen atoms in total. The molecule has 1 N–H and O–H groups in total. The lowest BCUT2D eigenvalue weighted by Gasteiger charge is -2.43. The zero-order valence-corrected chi connectivity index (χ0v) is 15.1. The second-order valence-electron chi connectivity index (χ2n) is 6.89. The van der Waals surface area contributed by atoms with Gasteiger partial charge in [-0.05, 0) is 27.2 Å². The van der Waals surface area contributed by atoms with Crippen LogP contribution in [0.2, 0.25) is 25.7 Å². The summed E-state index contributed by atoms with van der Waals surface area (Å²) in [6.07, 6.45) is 2.64. The van der Waals surface area contributed by atoms with Crippen molar-refractivity contribution in [3.8, 4) is 0 Å². The van der Waals surface area contributed by atoms with Crippen molar-refractivity contribution in [1.82, 2.24) is 4.65 Å². The molecule has 0 spiro atoms.